The van der Waals surface area contributed by atoms with E-state index in [0.29, 0.717) is 5.17 Å². The molecule has 0 bridgehead atoms. The van der Waals surface area contributed by atoms with Gasteiger partial charge in [-0.1, -0.05) is 70.8 Å². The molecule has 0 radical (unpaired) electrons. The van der Waals surface area contributed by atoms with E-state index in [4.69, 9.17) is 5.73 Å². The summed E-state index contributed by atoms with van der Waals surface area (Å²) in [6.07, 6.45) is 1.68. The fraction of sp³-hybridized carbons (Fsp3) is 0.0588. The lowest BCUT2D eigenvalue weighted by atomic mass is 10.1. The Bertz CT molecular complexity index is 812. The molecular formula is C17H15N5S2. The predicted molar refractivity (Wildman–Crippen MR) is 102 cm³/mol. The molecule has 3 rings (SSSR count). The molecule has 0 saturated heterocycles. The number of amidine groups is 1. The van der Waals surface area contributed by atoms with Crippen LogP contribution in [0.1, 0.15) is 11.1 Å². The second kappa shape index (κ2) is 8.37. The van der Waals surface area contributed by atoms with E-state index in [9.17, 15) is 0 Å². The summed E-state index contributed by atoms with van der Waals surface area (Å²) in [5, 5.41) is 14.5. The molecule has 0 aliphatic rings. The standard InChI is InChI=1S/C17H15N5S2/c18-17(23-11-14-4-2-1-3-5-14)21-19-10-13-6-8-15(9-7-13)16-12-24-22-20-16/h1-10,12H,11H2,(H2,18,21). The normalized spacial score (nSPS) is 11.9. The van der Waals surface area contributed by atoms with Gasteiger partial charge in [0.25, 0.3) is 0 Å². The molecule has 2 N–H and O–H groups in total. The van der Waals surface area contributed by atoms with Crippen LogP contribution in [0.3, 0.4) is 0 Å². The third kappa shape index (κ3) is 4.74. The molecule has 3 aromatic rings. The van der Waals surface area contributed by atoms with Crippen LogP contribution in [0.4, 0.5) is 0 Å². The Morgan fingerprint density at radius 1 is 1.12 bits per heavy atom. The van der Waals surface area contributed by atoms with Crippen molar-refractivity contribution in [1.29, 1.82) is 0 Å². The lowest BCUT2D eigenvalue weighted by Gasteiger charge is -1.99. The van der Waals surface area contributed by atoms with Crippen molar-refractivity contribution in [2.45, 2.75) is 5.75 Å². The number of benzene rings is 2. The molecule has 7 heteroatoms. The van der Waals surface area contributed by atoms with Crippen molar-refractivity contribution in [1.82, 2.24) is 9.59 Å². The van der Waals surface area contributed by atoms with E-state index in [0.717, 1.165) is 22.6 Å². The lowest BCUT2D eigenvalue weighted by molar-refractivity contribution is 1.16. The van der Waals surface area contributed by atoms with Crippen LogP contribution < -0.4 is 5.73 Å². The van der Waals surface area contributed by atoms with Gasteiger partial charge in [-0.3, -0.25) is 0 Å². The zero-order valence-electron chi connectivity index (χ0n) is 12.7. The smallest absolute Gasteiger partial charge is 0.180 e. The first kappa shape index (κ1) is 16.4. The zero-order valence-corrected chi connectivity index (χ0v) is 14.4. The van der Waals surface area contributed by atoms with Crippen molar-refractivity contribution in [2.75, 3.05) is 0 Å². The zero-order chi connectivity index (χ0) is 16.6. The van der Waals surface area contributed by atoms with Crippen molar-refractivity contribution in [3.8, 4) is 11.3 Å². The summed E-state index contributed by atoms with van der Waals surface area (Å²) in [5.41, 5.74) is 9.92. The largest absolute Gasteiger partial charge is 0.377 e. The summed E-state index contributed by atoms with van der Waals surface area (Å²) < 4.78 is 3.86. The van der Waals surface area contributed by atoms with Crippen LogP contribution in [0.5, 0.6) is 0 Å². The predicted octanol–water partition coefficient (Wildman–Crippen LogP) is 3.79. The van der Waals surface area contributed by atoms with Gasteiger partial charge in [-0.05, 0) is 22.7 Å². The minimum absolute atomic E-state index is 0.445. The van der Waals surface area contributed by atoms with Gasteiger partial charge in [-0.2, -0.15) is 5.10 Å². The highest BCUT2D eigenvalue weighted by atomic mass is 32.2. The average Bonchev–Trinajstić information content (AvgIpc) is 3.16. The molecule has 0 saturated carbocycles. The molecule has 24 heavy (non-hydrogen) atoms. The highest BCUT2D eigenvalue weighted by molar-refractivity contribution is 8.13. The van der Waals surface area contributed by atoms with Gasteiger partial charge in [0.2, 0.25) is 0 Å². The first-order chi connectivity index (χ1) is 11.8. The maximum atomic E-state index is 5.86. The van der Waals surface area contributed by atoms with Crippen LogP contribution in [0.15, 0.2) is 70.2 Å². The minimum Gasteiger partial charge on any atom is -0.377 e. The van der Waals surface area contributed by atoms with Crippen LogP contribution in [0, 0.1) is 0 Å². The van der Waals surface area contributed by atoms with Gasteiger partial charge in [-0.15, -0.1) is 10.2 Å². The third-order valence-corrected chi connectivity index (χ3v) is 4.52. The van der Waals surface area contributed by atoms with E-state index in [1.165, 1.54) is 28.9 Å². The Balaban J connectivity index is 1.55. The SMILES string of the molecule is NC(=NN=Cc1ccc(-c2csnn2)cc1)SCc1ccccc1. The first-order valence-electron chi connectivity index (χ1n) is 7.22. The molecule has 120 valence electrons. The quantitative estimate of drug-likeness (QED) is 0.430. The molecule has 0 atom stereocenters. The number of thioether (sulfide) groups is 1. The van der Waals surface area contributed by atoms with Gasteiger partial charge in [0.05, 0.1) is 6.21 Å². The number of nitrogens with two attached hydrogens (primary N) is 1. The first-order valence-corrected chi connectivity index (χ1v) is 9.04. The van der Waals surface area contributed by atoms with Gasteiger partial charge in [0.1, 0.15) is 5.69 Å². The second-order valence-electron chi connectivity index (χ2n) is 4.87. The molecular weight excluding hydrogens is 338 g/mol. The Morgan fingerprint density at radius 2 is 1.92 bits per heavy atom. The summed E-state index contributed by atoms with van der Waals surface area (Å²) in [6, 6.07) is 18.0. The molecule has 0 spiro atoms. The monoisotopic (exact) mass is 353 g/mol. The number of hydrogen-bond acceptors (Lipinski definition) is 6. The number of nitrogens with zero attached hydrogens (tertiary/aromatic N) is 4. The van der Waals surface area contributed by atoms with Crippen molar-refractivity contribution in [2.24, 2.45) is 15.9 Å². The molecule has 2 aromatic carbocycles. The Morgan fingerprint density at radius 3 is 2.62 bits per heavy atom. The summed E-state index contributed by atoms with van der Waals surface area (Å²) in [4.78, 5) is 0. The third-order valence-electron chi connectivity index (χ3n) is 3.16. The van der Waals surface area contributed by atoms with Crippen molar-refractivity contribution < 1.29 is 0 Å². The van der Waals surface area contributed by atoms with E-state index in [-0.39, 0.29) is 0 Å². The molecule has 0 amide bonds. The van der Waals surface area contributed by atoms with Gasteiger partial charge in [0, 0.05) is 16.7 Å². The van der Waals surface area contributed by atoms with Gasteiger partial charge in [-0.25, -0.2) is 0 Å². The maximum absolute atomic E-state index is 5.86. The molecule has 5 nitrogen and oxygen atoms in total. The fourth-order valence-corrected chi connectivity index (χ4v) is 3.02. The number of rotatable bonds is 5. The topological polar surface area (TPSA) is 76.5 Å². The molecule has 0 aliphatic carbocycles. The molecule has 1 heterocycles. The number of aromatic nitrogens is 2. The summed E-state index contributed by atoms with van der Waals surface area (Å²) in [6.45, 7) is 0. The van der Waals surface area contributed by atoms with Crippen LogP contribution in [-0.2, 0) is 5.75 Å². The van der Waals surface area contributed by atoms with Crippen LogP contribution in [-0.4, -0.2) is 21.0 Å². The average molecular weight is 353 g/mol. The minimum atomic E-state index is 0.445. The Hall–Kier alpha value is -2.51. The molecule has 0 unspecified atom stereocenters. The summed E-state index contributed by atoms with van der Waals surface area (Å²) >= 11 is 2.80. The van der Waals surface area contributed by atoms with Crippen LogP contribution in [0.2, 0.25) is 0 Å². The van der Waals surface area contributed by atoms with Crippen molar-refractivity contribution in [3.05, 3.63) is 71.1 Å². The maximum Gasteiger partial charge on any atom is 0.180 e. The van der Waals surface area contributed by atoms with Crippen LogP contribution in [0.25, 0.3) is 11.3 Å². The molecule has 1 aromatic heterocycles. The second-order valence-corrected chi connectivity index (χ2v) is 6.47. The number of hydrogen-bond donors (Lipinski definition) is 1. The Labute approximate surface area is 148 Å². The van der Waals surface area contributed by atoms with Gasteiger partial charge < -0.3 is 5.73 Å². The highest BCUT2D eigenvalue weighted by Gasteiger charge is 2.00. The van der Waals surface area contributed by atoms with Crippen LogP contribution >= 0.6 is 23.3 Å². The fourth-order valence-electron chi connectivity index (χ4n) is 1.94. The molecule has 0 aliphatic heterocycles. The van der Waals surface area contributed by atoms with Gasteiger partial charge >= 0.3 is 0 Å². The van der Waals surface area contributed by atoms with E-state index >= 15 is 0 Å². The van der Waals surface area contributed by atoms with Crippen molar-refractivity contribution >= 4 is 34.7 Å². The van der Waals surface area contributed by atoms with Gasteiger partial charge in [0.15, 0.2) is 5.17 Å². The van der Waals surface area contributed by atoms with E-state index < -0.39 is 0 Å². The van der Waals surface area contributed by atoms with E-state index in [2.05, 4.69) is 31.9 Å². The Kier molecular flexibility index (Phi) is 5.70. The summed E-state index contributed by atoms with van der Waals surface area (Å²) in [5.74, 6) is 0.780. The highest BCUT2D eigenvalue weighted by Crippen LogP contribution is 2.17. The van der Waals surface area contributed by atoms with E-state index in [1.54, 1.807) is 6.21 Å². The summed E-state index contributed by atoms with van der Waals surface area (Å²) in [7, 11) is 0. The van der Waals surface area contributed by atoms with E-state index in [1.807, 2.05) is 47.8 Å². The molecule has 0 fully saturated rings. The van der Waals surface area contributed by atoms with Crippen molar-refractivity contribution in [3.63, 3.8) is 0 Å². The lowest BCUT2D eigenvalue weighted by Crippen LogP contribution is -2.05.